The zero-order chi connectivity index (χ0) is 14.0. The molecule has 0 unspecified atom stereocenters. The number of nitrogens with one attached hydrogen (secondary N) is 1. The van der Waals surface area contributed by atoms with Gasteiger partial charge in [0.2, 0.25) is 0 Å². The van der Waals surface area contributed by atoms with Gasteiger partial charge in [0.1, 0.15) is 6.07 Å². The van der Waals surface area contributed by atoms with Crippen molar-refractivity contribution in [3.8, 4) is 6.07 Å². The smallest absolute Gasteiger partial charge is 0.101 e. The van der Waals surface area contributed by atoms with Crippen LogP contribution in [0.15, 0.2) is 18.2 Å². The van der Waals surface area contributed by atoms with Gasteiger partial charge in [-0.2, -0.15) is 10.4 Å². The zero-order valence-corrected chi connectivity index (χ0v) is 11.4. The molecule has 0 aliphatic carbocycles. The van der Waals surface area contributed by atoms with Gasteiger partial charge in [-0.15, -0.1) is 0 Å². The van der Waals surface area contributed by atoms with Crippen molar-refractivity contribution < 1.29 is 0 Å². The number of aryl methyl sites for hydroxylation is 2. The van der Waals surface area contributed by atoms with E-state index < -0.39 is 0 Å². The number of aromatic nitrogens is 2. The minimum atomic E-state index is 0.490. The Balaban J connectivity index is 2.17. The second-order valence-electron chi connectivity index (χ2n) is 4.54. The Morgan fingerprint density at radius 3 is 2.74 bits per heavy atom. The Morgan fingerprint density at radius 2 is 2.16 bits per heavy atom. The van der Waals surface area contributed by atoms with Crippen LogP contribution in [0.2, 0.25) is 0 Å². The summed E-state index contributed by atoms with van der Waals surface area (Å²) in [6.45, 7) is 4.72. The maximum Gasteiger partial charge on any atom is 0.101 e. The number of hydrogen-bond donors (Lipinski definition) is 2. The molecule has 0 amide bonds. The van der Waals surface area contributed by atoms with Gasteiger partial charge in [-0.1, -0.05) is 0 Å². The van der Waals surface area contributed by atoms with E-state index in [2.05, 4.69) is 16.5 Å². The molecule has 1 heterocycles. The largest absolute Gasteiger partial charge is 0.398 e. The van der Waals surface area contributed by atoms with E-state index in [-0.39, 0.29) is 0 Å². The molecule has 1 aromatic heterocycles. The number of nitrogen functional groups attached to an aromatic ring is 1. The van der Waals surface area contributed by atoms with Crippen LogP contribution in [-0.2, 0) is 13.6 Å². The Kier molecular flexibility index (Phi) is 3.43. The van der Waals surface area contributed by atoms with E-state index in [4.69, 9.17) is 11.0 Å². The van der Waals surface area contributed by atoms with Crippen molar-refractivity contribution >= 4 is 11.4 Å². The fourth-order valence-electron chi connectivity index (χ4n) is 2.03. The number of nitrogens with two attached hydrogens (primary N) is 1. The number of hydrogen-bond acceptors (Lipinski definition) is 4. The topological polar surface area (TPSA) is 79.7 Å². The molecule has 0 spiro atoms. The molecule has 0 atom stereocenters. The van der Waals surface area contributed by atoms with E-state index in [0.29, 0.717) is 17.8 Å². The van der Waals surface area contributed by atoms with Crippen molar-refractivity contribution in [2.24, 2.45) is 7.05 Å². The lowest BCUT2D eigenvalue weighted by Crippen LogP contribution is -2.03. The van der Waals surface area contributed by atoms with Gasteiger partial charge in [0.15, 0.2) is 0 Å². The quantitative estimate of drug-likeness (QED) is 0.823. The molecule has 2 rings (SSSR count). The van der Waals surface area contributed by atoms with Gasteiger partial charge >= 0.3 is 0 Å². The maximum atomic E-state index is 8.95. The Hall–Kier alpha value is -2.48. The van der Waals surface area contributed by atoms with Crippen molar-refractivity contribution in [3.05, 3.63) is 40.7 Å². The lowest BCUT2D eigenvalue weighted by molar-refractivity contribution is 0.730. The maximum absolute atomic E-state index is 8.95. The summed E-state index contributed by atoms with van der Waals surface area (Å²) in [5.41, 5.74) is 10.9. The van der Waals surface area contributed by atoms with E-state index in [0.717, 1.165) is 17.1 Å². The van der Waals surface area contributed by atoms with Crippen molar-refractivity contribution in [1.82, 2.24) is 9.78 Å². The van der Waals surface area contributed by atoms with Crippen molar-refractivity contribution in [1.29, 1.82) is 5.26 Å². The molecule has 0 aliphatic rings. The molecular formula is C14H17N5. The van der Waals surface area contributed by atoms with Gasteiger partial charge in [-0.25, -0.2) is 0 Å². The molecule has 98 valence electrons. The number of benzene rings is 1. The molecule has 5 heteroatoms. The van der Waals surface area contributed by atoms with Crippen molar-refractivity contribution in [2.45, 2.75) is 20.4 Å². The fourth-order valence-corrected chi connectivity index (χ4v) is 2.03. The summed E-state index contributed by atoms with van der Waals surface area (Å²) in [5.74, 6) is 0. The molecule has 0 saturated heterocycles. The summed E-state index contributed by atoms with van der Waals surface area (Å²) < 4.78 is 1.87. The van der Waals surface area contributed by atoms with Gasteiger partial charge in [0, 0.05) is 36.2 Å². The van der Waals surface area contributed by atoms with Crippen LogP contribution in [0.4, 0.5) is 11.4 Å². The summed E-state index contributed by atoms with van der Waals surface area (Å²) in [4.78, 5) is 0. The van der Waals surface area contributed by atoms with Gasteiger partial charge in [-0.3, -0.25) is 4.68 Å². The second kappa shape index (κ2) is 5.02. The van der Waals surface area contributed by atoms with E-state index >= 15 is 0 Å². The Bertz CT molecular complexity index is 649. The zero-order valence-electron chi connectivity index (χ0n) is 11.4. The highest BCUT2D eigenvalue weighted by atomic mass is 15.3. The average Bonchev–Trinajstić information content (AvgIpc) is 2.63. The van der Waals surface area contributed by atoms with Gasteiger partial charge in [-0.05, 0) is 32.0 Å². The van der Waals surface area contributed by atoms with E-state index in [9.17, 15) is 0 Å². The fraction of sp³-hybridized carbons (Fsp3) is 0.286. The molecule has 0 aliphatic heterocycles. The second-order valence-corrected chi connectivity index (χ2v) is 4.54. The van der Waals surface area contributed by atoms with Crippen LogP contribution >= 0.6 is 0 Å². The predicted molar refractivity (Wildman–Crippen MR) is 75.6 cm³/mol. The highest BCUT2D eigenvalue weighted by Gasteiger charge is 2.09. The van der Waals surface area contributed by atoms with Crippen LogP contribution in [0.5, 0.6) is 0 Å². The third-order valence-corrected chi connectivity index (χ3v) is 3.30. The molecule has 0 fully saturated rings. The SMILES string of the molecule is Cc1nn(C)c(C)c1CNc1ccc(N)c(C#N)c1. The summed E-state index contributed by atoms with van der Waals surface area (Å²) in [7, 11) is 1.93. The van der Waals surface area contributed by atoms with Gasteiger partial charge in [0.05, 0.1) is 11.3 Å². The molecule has 3 N–H and O–H groups in total. The minimum Gasteiger partial charge on any atom is -0.398 e. The molecule has 1 aromatic carbocycles. The lowest BCUT2D eigenvalue weighted by atomic mass is 10.1. The minimum absolute atomic E-state index is 0.490. The first-order valence-electron chi connectivity index (χ1n) is 6.05. The molecule has 19 heavy (non-hydrogen) atoms. The van der Waals surface area contributed by atoms with E-state index in [1.807, 2.05) is 31.6 Å². The van der Waals surface area contributed by atoms with Crippen LogP contribution in [0.3, 0.4) is 0 Å². The summed E-state index contributed by atoms with van der Waals surface area (Å²) in [6.07, 6.45) is 0. The van der Waals surface area contributed by atoms with Gasteiger partial charge in [0.25, 0.3) is 0 Å². The number of nitrogens with zero attached hydrogens (tertiary/aromatic N) is 3. The Morgan fingerprint density at radius 1 is 1.42 bits per heavy atom. The van der Waals surface area contributed by atoms with E-state index in [1.165, 1.54) is 5.56 Å². The lowest BCUT2D eigenvalue weighted by Gasteiger charge is -2.08. The average molecular weight is 255 g/mol. The highest BCUT2D eigenvalue weighted by Crippen LogP contribution is 2.19. The molecule has 2 aromatic rings. The first-order valence-corrected chi connectivity index (χ1v) is 6.05. The van der Waals surface area contributed by atoms with Gasteiger partial charge < -0.3 is 11.1 Å². The van der Waals surface area contributed by atoms with Crippen molar-refractivity contribution in [3.63, 3.8) is 0 Å². The summed E-state index contributed by atoms with van der Waals surface area (Å²) in [6, 6.07) is 7.45. The Labute approximate surface area is 112 Å². The molecule has 0 bridgehead atoms. The number of anilines is 2. The molecule has 0 saturated carbocycles. The molecular weight excluding hydrogens is 238 g/mol. The van der Waals surface area contributed by atoms with Crippen LogP contribution in [0, 0.1) is 25.2 Å². The number of nitriles is 1. The van der Waals surface area contributed by atoms with E-state index in [1.54, 1.807) is 12.1 Å². The first kappa shape index (κ1) is 13.0. The van der Waals surface area contributed by atoms with Crippen LogP contribution < -0.4 is 11.1 Å². The molecule has 0 radical (unpaired) electrons. The standard InChI is InChI=1S/C14H17N5/c1-9-13(10(2)19(3)18-9)8-17-12-4-5-14(16)11(6-12)7-15/h4-6,17H,8,16H2,1-3H3. The van der Waals surface area contributed by atoms with Crippen LogP contribution in [0.1, 0.15) is 22.5 Å². The van der Waals surface area contributed by atoms with Crippen LogP contribution in [0.25, 0.3) is 0 Å². The third kappa shape index (κ3) is 2.52. The highest BCUT2D eigenvalue weighted by molar-refractivity contribution is 5.62. The monoisotopic (exact) mass is 255 g/mol. The van der Waals surface area contributed by atoms with Crippen LogP contribution in [-0.4, -0.2) is 9.78 Å². The predicted octanol–water partition coefficient (Wildman–Crippen LogP) is 2.10. The summed E-state index contributed by atoms with van der Waals surface area (Å²) >= 11 is 0. The third-order valence-electron chi connectivity index (χ3n) is 3.30. The normalized spacial score (nSPS) is 10.2. The first-order chi connectivity index (χ1) is 9.02. The number of rotatable bonds is 3. The molecule has 5 nitrogen and oxygen atoms in total. The van der Waals surface area contributed by atoms with Crippen molar-refractivity contribution in [2.75, 3.05) is 11.1 Å². The summed E-state index contributed by atoms with van der Waals surface area (Å²) in [5, 5.41) is 16.6.